The van der Waals surface area contributed by atoms with Crippen LogP contribution in [0, 0.1) is 10.1 Å². The normalized spacial score (nSPS) is 26.6. The second-order valence-electron chi connectivity index (χ2n) is 5.86. The predicted octanol–water partition coefficient (Wildman–Crippen LogP) is 2.42. The second-order valence-corrected chi connectivity index (χ2v) is 6.30. The third kappa shape index (κ3) is 2.14. The van der Waals surface area contributed by atoms with Crippen LogP contribution in [0.2, 0.25) is 5.02 Å². The Morgan fingerprint density at radius 3 is 2.77 bits per heavy atom. The molecule has 116 valence electrons. The Kier molecular flexibility index (Phi) is 3.23. The van der Waals surface area contributed by atoms with Gasteiger partial charge in [-0.25, -0.2) is 0 Å². The molecule has 3 heterocycles. The summed E-state index contributed by atoms with van der Waals surface area (Å²) in [6.45, 7) is 2.21. The summed E-state index contributed by atoms with van der Waals surface area (Å²) in [6.07, 6.45) is 1.23. The Morgan fingerprint density at radius 1 is 1.27 bits per heavy atom. The van der Waals surface area contributed by atoms with Gasteiger partial charge in [0.25, 0.3) is 0 Å². The first-order valence-corrected chi connectivity index (χ1v) is 7.81. The average molecular weight is 322 g/mol. The Balaban J connectivity index is 1.67. The van der Waals surface area contributed by atoms with Crippen LogP contribution in [-0.4, -0.2) is 40.1 Å². The van der Waals surface area contributed by atoms with Crippen molar-refractivity contribution >= 4 is 11.6 Å². The van der Waals surface area contributed by atoms with E-state index in [0.717, 1.165) is 37.3 Å². The van der Waals surface area contributed by atoms with Crippen LogP contribution in [0.4, 0.5) is 0 Å². The van der Waals surface area contributed by atoms with E-state index in [1.54, 1.807) is 0 Å². The van der Waals surface area contributed by atoms with Crippen LogP contribution in [0.25, 0.3) is 0 Å². The lowest BCUT2D eigenvalue weighted by Crippen LogP contribution is -2.41. The second kappa shape index (κ2) is 5.14. The van der Waals surface area contributed by atoms with Crippen LogP contribution >= 0.6 is 11.6 Å². The van der Waals surface area contributed by atoms with Gasteiger partial charge in [0, 0.05) is 24.7 Å². The van der Waals surface area contributed by atoms with Gasteiger partial charge in [-0.3, -0.25) is 10.1 Å². The van der Waals surface area contributed by atoms with E-state index in [-0.39, 0.29) is 23.0 Å². The summed E-state index contributed by atoms with van der Waals surface area (Å²) >= 11 is 5.91. The summed E-state index contributed by atoms with van der Waals surface area (Å²) in [5.74, 6) is 0.749. The largest absolute Gasteiger partial charge is 0.347 e. The monoisotopic (exact) mass is 321 g/mol. The zero-order valence-corrected chi connectivity index (χ0v) is 12.7. The Hall–Kier alpha value is -1.79. The van der Waals surface area contributed by atoms with Crippen molar-refractivity contribution in [1.82, 2.24) is 9.80 Å². The quantitative estimate of drug-likeness (QED) is 0.632. The van der Waals surface area contributed by atoms with Crippen LogP contribution in [0.3, 0.4) is 0 Å². The zero-order valence-electron chi connectivity index (χ0n) is 11.9. The Morgan fingerprint density at radius 2 is 2.05 bits per heavy atom. The fourth-order valence-electron chi connectivity index (χ4n) is 3.57. The standard InChI is InChI=1S/C15H16ClN3O3/c16-11-3-1-10(2-4-11)9-17-7-8-18-13-6-5-12(22-13)14(15(17)18)19(20)21/h1-4,12-13H,5-9H2/t12-,13+/m1/s1. The van der Waals surface area contributed by atoms with Crippen molar-refractivity contribution in [2.45, 2.75) is 31.7 Å². The SMILES string of the molecule is O=[N+]([O-])C1=C2N(Cc3ccc(Cl)cc3)CCN2[C@@H]2CC[C@H]1O2. The third-order valence-corrected chi connectivity index (χ3v) is 4.80. The number of hydrogen-bond donors (Lipinski definition) is 0. The Bertz CT molecular complexity index is 646. The minimum Gasteiger partial charge on any atom is -0.347 e. The summed E-state index contributed by atoms with van der Waals surface area (Å²) in [4.78, 5) is 15.4. The van der Waals surface area contributed by atoms with Crippen molar-refractivity contribution < 1.29 is 9.66 Å². The molecular weight excluding hydrogens is 306 g/mol. The van der Waals surface area contributed by atoms with Gasteiger partial charge >= 0.3 is 5.70 Å². The number of ether oxygens (including phenoxy) is 1. The first-order valence-electron chi connectivity index (χ1n) is 7.43. The number of fused-ring (bicyclic) bond motifs is 4. The molecule has 0 saturated carbocycles. The molecule has 0 aromatic heterocycles. The van der Waals surface area contributed by atoms with E-state index in [1.165, 1.54) is 0 Å². The third-order valence-electron chi connectivity index (χ3n) is 4.54. The smallest absolute Gasteiger partial charge is 0.314 e. The molecule has 7 heteroatoms. The van der Waals surface area contributed by atoms with Gasteiger partial charge in [0.2, 0.25) is 0 Å². The maximum atomic E-state index is 11.5. The molecule has 3 aliphatic heterocycles. The number of halogens is 1. The molecule has 1 aromatic rings. The zero-order chi connectivity index (χ0) is 15.3. The van der Waals surface area contributed by atoms with Gasteiger partial charge in [-0.1, -0.05) is 23.7 Å². The van der Waals surface area contributed by atoms with Crippen LogP contribution < -0.4 is 0 Å². The summed E-state index contributed by atoms with van der Waals surface area (Å²) in [6, 6.07) is 7.62. The predicted molar refractivity (Wildman–Crippen MR) is 80.5 cm³/mol. The molecular formula is C15H16ClN3O3. The van der Waals surface area contributed by atoms with Gasteiger partial charge in [0.1, 0.15) is 6.23 Å². The molecule has 0 radical (unpaired) electrons. The van der Waals surface area contributed by atoms with Crippen molar-refractivity contribution in [3.05, 3.63) is 56.5 Å². The van der Waals surface area contributed by atoms with Crippen molar-refractivity contribution in [1.29, 1.82) is 0 Å². The topological polar surface area (TPSA) is 58.9 Å². The maximum absolute atomic E-state index is 11.5. The van der Waals surface area contributed by atoms with E-state index in [9.17, 15) is 10.1 Å². The summed E-state index contributed by atoms with van der Waals surface area (Å²) in [7, 11) is 0. The van der Waals surface area contributed by atoms with Gasteiger partial charge in [0.15, 0.2) is 11.9 Å². The molecule has 2 atom stereocenters. The molecule has 22 heavy (non-hydrogen) atoms. The number of hydrogen-bond acceptors (Lipinski definition) is 5. The van der Waals surface area contributed by atoms with Gasteiger partial charge in [-0.2, -0.15) is 0 Å². The molecule has 0 unspecified atom stereocenters. The fraction of sp³-hybridized carbons (Fsp3) is 0.467. The highest BCUT2D eigenvalue weighted by Crippen LogP contribution is 2.41. The van der Waals surface area contributed by atoms with Crippen molar-refractivity contribution in [3.8, 4) is 0 Å². The molecule has 3 aliphatic rings. The number of benzene rings is 1. The molecule has 1 aromatic carbocycles. The lowest BCUT2D eigenvalue weighted by molar-refractivity contribution is -0.443. The van der Waals surface area contributed by atoms with Crippen LogP contribution in [0.5, 0.6) is 0 Å². The van der Waals surface area contributed by atoms with Crippen LogP contribution in [0.1, 0.15) is 18.4 Å². The van der Waals surface area contributed by atoms with E-state index < -0.39 is 0 Å². The van der Waals surface area contributed by atoms with E-state index in [0.29, 0.717) is 11.6 Å². The highest BCUT2D eigenvalue weighted by Gasteiger charge is 2.50. The first kappa shape index (κ1) is 13.8. The van der Waals surface area contributed by atoms with Crippen molar-refractivity contribution in [3.63, 3.8) is 0 Å². The minimum atomic E-state index is -0.364. The van der Waals surface area contributed by atoms with Gasteiger partial charge < -0.3 is 14.5 Å². The van der Waals surface area contributed by atoms with Gasteiger partial charge in [0.05, 0.1) is 4.92 Å². The van der Waals surface area contributed by atoms with Crippen LogP contribution in [-0.2, 0) is 11.3 Å². The molecule has 2 bridgehead atoms. The van der Waals surface area contributed by atoms with E-state index in [2.05, 4.69) is 9.80 Å². The summed E-state index contributed by atoms with van der Waals surface area (Å²) in [5, 5.41) is 12.2. The van der Waals surface area contributed by atoms with E-state index in [4.69, 9.17) is 16.3 Å². The summed E-state index contributed by atoms with van der Waals surface area (Å²) in [5.41, 5.74) is 1.32. The minimum absolute atomic E-state index is 0.00100. The molecule has 2 saturated heterocycles. The Labute approximate surface area is 133 Å². The van der Waals surface area contributed by atoms with E-state index >= 15 is 0 Å². The van der Waals surface area contributed by atoms with Gasteiger partial charge in [-0.15, -0.1) is 0 Å². The maximum Gasteiger partial charge on any atom is 0.314 e. The number of nitro groups is 1. The molecule has 4 rings (SSSR count). The lowest BCUT2D eigenvalue weighted by Gasteiger charge is -2.32. The van der Waals surface area contributed by atoms with Crippen LogP contribution in [0.15, 0.2) is 35.8 Å². The highest BCUT2D eigenvalue weighted by atomic mass is 35.5. The molecule has 0 amide bonds. The fourth-order valence-corrected chi connectivity index (χ4v) is 3.69. The molecule has 2 fully saturated rings. The average Bonchev–Trinajstić information content (AvgIpc) is 3.08. The van der Waals surface area contributed by atoms with Crippen molar-refractivity contribution in [2.24, 2.45) is 0 Å². The summed E-state index contributed by atoms with van der Waals surface area (Å²) < 4.78 is 5.78. The molecule has 0 spiro atoms. The van der Waals surface area contributed by atoms with Crippen molar-refractivity contribution in [2.75, 3.05) is 13.1 Å². The number of rotatable bonds is 3. The molecule has 6 nitrogen and oxygen atoms in total. The van der Waals surface area contributed by atoms with Gasteiger partial charge in [-0.05, 0) is 30.5 Å². The lowest BCUT2D eigenvalue weighted by atomic mass is 10.2. The molecule has 0 aliphatic carbocycles. The highest BCUT2D eigenvalue weighted by molar-refractivity contribution is 6.30. The number of nitrogens with zero attached hydrogens (tertiary/aromatic N) is 3. The first-order chi connectivity index (χ1) is 10.6. The molecule has 0 N–H and O–H groups in total. The van der Waals surface area contributed by atoms with E-state index in [1.807, 2.05) is 24.3 Å².